The maximum atomic E-state index is 5.99. The van der Waals surface area contributed by atoms with Crippen molar-refractivity contribution in [2.75, 3.05) is 19.0 Å². The predicted octanol–water partition coefficient (Wildman–Crippen LogP) is 1.06. The van der Waals surface area contributed by atoms with Gasteiger partial charge < -0.3 is 4.74 Å². The quantitative estimate of drug-likeness (QED) is 0.856. The molecule has 0 bridgehead atoms. The van der Waals surface area contributed by atoms with E-state index in [-0.39, 0.29) is 0 Å². The molecule has 1 saturated heterocycles. The number of nitrogens with zero attached hydrogens (tertiary/aromatic N) is 1. The van der Waals surface area contributed by atoms with Gasteiger partial charge in [-0.2, -0.15) is 0 Å². The Labute approximate surface area is 123 Å². The molecule has 2 aliphatic rings. The number of para-hydroxylation sites is 1. The van der Waals surface area contributed by atoms with Crippen LogP contribution >= 0.6 is 11.8 Å². The largest absolute Gasteiger partial charge is 0.345 e. The van der Waals surface area contributed by atoms with Gasteiger partial charge in [-0.1, -0.05) is 30.0 Å². The molecule has 1 aromatic rings. The molecule has 20 heavy (non-hydrogen) atoms. The lowest BCUT2D eigenvalue weighted by molar-refractivity contribution is -0.462. The summed E-state index contributed by atoms with van der Waals surface area (Å²) in [5, 5.41) is 4.48. The molecule has 1 atom stereocenters. The lowest BCUT2D eigenvalue weighted by atomic mass is 10.1. The zero-order chi connectivity index (χ0) is 13.8. The second kappa shape index (κ2) is 5.97. The average molecular weight is 290 g/mol. The van der Waals surface area contributed by atoms with Crippen molar-refractivity contribution in [1.29, 1.82) is 0 Å². The van der Waals surface area contributed by atoms with Crippen molar-refractivity contribution in [1.82, 2.24) is 5.32 Å². The zero-order valence-corrected chi connectivity index (χ0v) is 12.5. The number of aliphatic imine (C=N–C) groups is 1. The van der Waals surface area contributed by atoms with Gasteiger partial charge in [-0.3, -0.25) is 10.3 Å². The second-order valence-corrected chi connectivity index (χ2v) is 6.04. The Morgan fingerprint density at radius 1 is 1.30 bits per heavy atom. The fourth-order valence-corrected chi connectivity index (χ4v) is 3.43. The molecule has 0 amide bonds. The van der Waals surface area contributed by atoms with Gasteiger partial charge in [0.2, 0.25) is 5.60 Å². The summed E-state index contributed by atoms with van der Waals surface area (Å²) in [7, 11) is 0. The predicted molar refractivity (Wildman–Crippen MR) is 83.6 cm³/mol. The van der Waals surface area contributed by atoms with E-state index in [4.69, 9.17) is 9.73 Å². The average Bonchev–Trinajstić information content (AvgIpc) is 2.70. The van der Waals surface area contributed by atoms with Crippen LogP contribution in [-0.4, -0.2) is 35.5 Å². The smallest absolute Gasteiger partial charge is 0.282 e. The van der Waals surface area contributed by atoms with Crippen LogP contribution in [0.3, 0.4) is 0 Å². The van der Waals surface area contributed by atoms with Gasteiger partial charge in [0.25, 0.3) is 5.84 Å². The van der Waals surface area contributed by atoms with Gasteiger partial charge in [0, 0.05) is 0 Å². The minimum atomic E-state index is -0.467. The first-order valence-electron chi connectivity index (χ1n) is 7.05. The van der Waals surface area contributed by atoms with Gasteiger partial charge in [0.05, 0.1) is 18.8 Å². The maximum absolute atomic E-state index is 5.99. The highest BCUT2D eigenvalue weighted by atomic mass is 32.2. The number of rotatable bonds is 2. The minimum Gasteiger partial charge on any atom is -0.345 e. The van der Waals surface area contributed by atoms with E-state index >= 15 is 0 Å². The fourth-order valence-electron chi connectivity index (χ4n) is 2.42. The maximum Gasteiger partial charge on any atom is 0.282 e. The van der Waals surface area contributed by atoms with Crippen LogP contribution in [-0.2, 0) is 4.74 Å². The van der Waals surface area contributed by atoms with Crippen LogP contribution < -0.4 is 10.3 Å². The summed E-state index contributed by atoms with van der Waals surface area (Å²) in [4.78, 5) is 8.24. The van der Waals surface area contributed by atoms with E-state index in [0.29, 0.717) is 5.94 Å². The number of thioether (sulfide) groups is 1. The van der Waals surface area contributed by atoms with Crippen molar-refractivity contribution in [3.05, 3.63) is 30.3 Å². The molecule has 0 aliphatic carbocycles. The van der Waals surface area contributed by atoms with E-state index < -0.39 is 5.60 Å². The van der Waals surface area contributed by atoms with Crippen LogP contribution in [0.5, 0.6) is 0 Å². The van der Waals surface area contributed by atoms with Gasteiger partial charge in [-0.25, -0.2) is 4.99 Å². The number of benzene rings is 1. The molecule has 4 nitrogen and oxygen atoms in total. The van der Waals surface area contributed by atoms with Crippen LogP contribution in [0.4, 0.5) is 5.69 Å². The highest BCUT2D eigenvalue weighted by Gasteiger charge is 2.47. The Morgan fingerprint density at radius 2 is 2.15 bits per heavy atom. The molecular weight excluding hydrogens is 270 g/mol. The zero-order valence-electron chi connectivity index (χ0n) is 11.7. The van der Waals surface area contributed by atoms with Gasteiger partial charge >= 0.3 is 0 Å². The Balaban J connectivity index is 1.91. The normalized spacial score (nSPS) is 28.9. The monoisotopic (exact) mass is 290 g/mol. The third kappa shape index (κ3) is 2.74. The lowest BCUT2D eigenvalue weighted by Crippen LogP contribution is -2.80. The lowest BCUT2D eigenvalue weighted by Gasteiger charge is -2.20. The third-order valence-corrected chi connectivity index (χ3v) is 4.61. The number of amidine groups is 1. The number of ether oxygens (including phenoxy) is 1. The molecular formula is C15H20N3OS+. The molecule has 106 valence electrons. The SMILES string of the molecule is CC1(C2=[NH+]CCCCN2)OCSC1=Nc1ccccc1. The molecule has 5 heteroatoms. The van der Waals surface area contributed by atoms with Crippen molar-refractivity contribution in [3.63, 3.8) is 0 Å². The van der Waals surface area contributed by atoms with Gasteiger partial charge in [-0.05, 0) is 31.9 Å². The first-order valence-corrected chi connectivity index (χ1v) is 8.04. The topological polar surface area (TPSA) is 47.6 Å². The van der Waals surface area contributed by atoms with E-state index in [0.717, 1.165) is 29.7 Å². The number of hydrogen-bond donors (Lipinski definition) is 2. The van der Waals surface area contributed by atoms with E-state index in [1.165, 1.54) is 12.8 Å². The molecule has 1 unspecified atom stereocenters. The highest BCUT2D eigenvalue weighted by Crippen LogP contribution is 2.32. The summed E-state index contributed by atoms with van der Waals surface area (Å²) in [6, 6.07) is 10.1. The Hall–Kier alpha value is -1.33. The molecule has 2 N–H and O–H groups in total. The summed E-state index contributed by atoms with van der Waals surface area (Å²) in [6.07, 6.45) is 2.37. The summed E-state index contributed by atoms with van der Waals surface area (Å²) >= 11 is 1.67. The van der Waals surface area contributed by atoms with Crippen molar-refractivity contribution in [3.8, 4) is 0 Å². The summed E-state index contributed by atoms with van der Waals surface area (Å²) in [5.41, 5.74) is 0.506. The van der Waals surface area contributed by atoms with Crippen LogP contribution in [0, 0.1) is 0 Å². The number of nitrogens with one attached hydrogen (secondary N) is 2. The third-order valence-electron chi connectivity index (χ3n) is 3.62. The van der Waals surface area contributed by atoms with Gasteiger partial charge in [-0.15, -0.1) is 0 Å². The van der Waals surface area contributed by atoms with Crippen LogP contribution in [0.2, 0.25) is 0 Å². The van der Waals surface area contributed by atoms with Crippen molar-refractivity contribution in [2.45, 2.75) is 25.4 Å². The standard InChI is InChI=1S/C15H19N3OS/c1-15(13-16-9-5-6-10-17-13)14(20-11-19-15)18-12-7-3-2-4-8-12/h2-4,7-8H,5-6,9-11H2,1H3,(H,16,17)/p+1. The molecule has 2 heterocycles. The first-order chi connectivity index (χ1) is 9.79. The molecule has 1 aromatic carbocycles. The van der Waals surface area contributed by atoms with E-state index in [1.807, 2.05) is 30.3 Å². The Morgan fingerprint density at radius 3 is 3.00 bits per heavy atom. The summed E-state index contributed by atoms with van der Waals surface area (Å²) < 4.78 is 5.99. The molecule has 3 rings (SSSR count). The van der Waals surface area contributed by atoms with Gasteiger partial charge in [0.1, 0.15) is 11.0 Å². The molecule has 0 saturated carbocycles. The molecule has 0 aromatic heterocycles. The van der Waals surface area contributed by atoms with Crippen molar-refractivity contribution < 1.29 is 9.73 Å². The second-order valence-electron chi connectivity index (χ2n) is 5.13. The minimum absolute atomic E-state index is 0.467. The fraction of sp³-hybridized carbons (Fsp3) is 0.467. The van der Waals surface area contributed by atoms with E-state index in [2.05, 4.69) is 17.2 Å². The summed E-state index contributed by atoms with van der Waals surface area (Å²) in [5.74, 6) is 1.70. The molecule has 1 fully saturated rings. The highest BCUT2D eigenvalue weighted by molar-refractivity contribution is 8.14. The molecule has 0 spiro atoms. The van der Waals surface area contributed by atoms with Crippen LogP contribution in [0.15, 0.2) is 35.3 Å². The Bertz CT molecular complexity index is 529. The van der Waals surface area contributed by atoms with E-state index in [1.54, 1.807) is 11.8 Å². The van der Waals surface area contributed by atoms with Crippen LogP contribution in [0.1, 0.15) is 19.8 Å². The first kappa shape index (κ1) is 13.6. The number of hydrogen-bond acceptors (Lipinski definition) is 4. The van der Waals surface area contributed by atoms with Crippen LogP contribution in [0.25, 0.3) is 0 Å². The Kier molecular flexibility index (Phi) is 4.08. The van der Waals surface area contributed by atoms with Gasteiger partial charge in [0.15, 0.2) is 0 Å². The van der Waals surface area contributed by atoms with E-state index in [9.17, 15) is 0 Å². The molecule has 0 radical (unpaired) electrons. The molecule has 2 aliphatic heterocycles. The van der Waals surface area contributed by atoms with Crippen molar-refractivity contribution >= 4 is 28.3 Å². The van der Waals surface area contributed by atoms with Crippen molar-refractivity contribution in [2.24, 2.45) is 4.99 Å². The summed E-state index contributed by atoms with van der Waals surface area (Å²) in [6.45, 7) is 4.07.